The average molecular weight is 480 g/mol. The van der Waals surface area contributed by atoms with E-state index in [0.29, 0.717) is 12.5 Å². The van der Waals surface area contributed by atoms with Crippen molar-refractivity contribution in [3.05, 3.63) is 71.3 Å². The Morgan fingerprint density at radius 2 is 1.66 bits per heavy atom. The molecule has 0 radical (unpaired) electrons. The molecule has 35 heavy (non-hydrogen) atoms. The van der Waals surface area contributed by atoms with Gasteiger partial charge in [-0.15, -0.1) is 0 Å². The van der Waals surface area contributed by atoms with Gasteiger partial charge < -0.3 is 15.0 Å². The molecule has 1 aliphatic heterocycles. The number of hydrogen-bond donors (Lipinski definition) is 1. The maximum Gasteiger partial charge on any atom is 0.407 e. The van der Waals surface area contributed by atoms with Gasteiger partial charge in [-0.1, -0.05) is 61.5 Å². The molecule has 1 amide bonds. The summed E-state index contributed by atoms with van der Waals surface area (Å²) < 4.78 is 5.40. The topological polar surface area (TPSA) is 44.8 Å². The summed E-state index contributed by atoms with van der Waals surface area (Å²) in [6, 6.07) is 19.7. The summed E-state index contributed by atoms with van der Waals surface area (Å²) in [5.41, 5.74) is 3.81. The molecule has 0 atom stereocenters. The number of amides is 1. The summed E-state index contributed by atoms with van der Waals surface area (Å²) in [4.78, 5) is 17.2. The number of nitrogens with one attached hydrogen (secondary N) is 1. The van der Waals surface area contributed by atoms with Gasteiger partial charge in [0.15, 0.2) is 0 Å². The molecule has 0 saturated carbocycles. The van der Waals surface area contributed by atoms with Crippen molar-refractivity contribution in [3.63, 3.8) is 0 Å². The molecule has 1 saturated heterocycles. The van der Waals surface area contributed by atoms with Gasteiger partial charge in [0.05, 0.1) is 0 Å². The molecule has 1 N–H and O–H groups in total. The Bertz CT molecular complexity index is 886. The van der Waals surface area contributed by atoms with E-state index in [-0.39, 0.29) is 6.09 Å². The number of likely N-dealkylation sites (tertiary alicyclic amines) is 1. The quantitative estimate of drug-likeness (QED) is 0.439. The van der Waals surface area contributed by atoms with E-state index >= 15 is 0 Å². The predicted molar refractivity (Wildman–Crippen MR) is 145 cm³/mol. The minimum absolute atomic E-state index is 0.340. The van der Waals surface area contributed by atoms with Gasteiger partial charge in [0, 0.05) is 19.6 Å². The molecule has 0 aromatic heterocycles. The molecular weight excluding hydrogens is 434 g/mol. The van der Waals surface area contributed by atoms with Crippen LogP contribution in [0, 0.1) is 0 Å². The van der Waals surface area contributed by atoms with E-state index in [4.69, 9.17) is 4.74 Å². The van der Waals surface area contributed by atoms with E-state index < -0.39 is 5.60 Å². The van der Waals surface area contributed by atoms with Crippen LogP contribution in [0.3, 0.4) is 0 Å². The highest BCUT2D eigenvalue weighted by Gasteiger charge is 2.20. The van der Waals surface area contributed by atoms with Crippen molar-refractivity contribution in [3.8, 4) is 0 Å². The fourth-order valence-corrected chi connectivity index (χ4v) is 4.93. The molecule has 0 unspecified atom stereocenters. The zero-order valence-corrected chi connectivity index (χ0v) is 22.3. The minimum atomic E-state index is -0.474. The van der Waals surface area contributed by atoms with Crippen molar-refractivity contribution in [2.24, 2.45) is 0 Å². The van der Waals surface area contributed by atoms with Crippen molar-refractivity contribution in [1.82, 2.24) is 15.1 Å². The van der Waals surface area contributed by atoms with Crippen LogP contribution in [-0.2, 0) is 17.7 Å². The SMILES string of the molecule is CCc1ccccc1CN(CCCN1CCC(c2ccccc2)CC1)CCNC(=O)OC(C)(C)C. The van der Waals surface area contributed by atoms with Crippen LogP contribution < -0.4 is 5.32 Å². The number of nitrogens with zero attached hydrogens (tertiary/aromatic N) is 2. The molecule has 5 heteroatoms. The number of aryl methyl sites for hydroxylation is 1. The van der Waals surface area contributed by atoms with Gasteiger partial charge in [-0.05, 0) is 95.2 Å². The van der Waals surface area contributed by atoms with Crippen molar-refractivity contribution in [1.29, 1.82) is 0 Å². The summed E-state index contributed by atoms with van der Waals surface area (Å²) in [5.74, 6) is 0.702. The van der Waals surface area contributed by atoms with Crippen LogP contribution in [0.4, 0.5) is 4.79 Å². The Hall–Kier alpha value is -2.37. The molecule has 0 bridgehead atoms. The normalized spacial score (nSPS) is 15.3. The monoisotopic (exact) mass is 479 g/mol. The maximum atomic E-state index is 12.1. The number of hydrogen-bond acceptors (Lipinski definition) is 4. The first-order chi connectivity index (χ1) is 16.8. The van der Waals surface area contributed by atoms with Gasteiger partial charge in [-0.2, -0.15) is 0 Å². The second-order valence-corrected chi connectivity index (χ2v) is 10.7. The lowest BCUT2D eigenvalue weighted by atomic mass is 9.89. The van der Waals surface area contributed by atoms with Crippen molar-refractivity contribution in [2.75, 3.05) is 39.3 Å². The fourth-order valence-electron chi connectivity index (χ4n) is 4.93. The lowest BCUT2D eigenvalue weighted by Crippen LogP contribution is -2.39. The van der Waals surface area contributed by atoms with E-state index in [0.717, 1.165) is 39.0 Å². The van der Waals surface area contributed by atoms with E-state index in [1.165, 1.54) is 42.6 Å². The summed E-state index contributed by atoms with van der Waals surface area (Å²) in [6.45, 7) is 14.7. The Labute approximate surface area is 212 Å². The molecular formula is C30H45N3O2. The molecule has 2 aromatic rings. The highest BCUT2D eigenvalue weighted by molar-refractivity contribution is 5.67. The molecule has 5 nitrogen and oxygen atoms in total. The number of carbonyl (C=O) groups excluding carboxylic acids is 1. The number of benzene rings is 2. The molecule has 192 valence electrons. The van der Waals surface area contributed by atoms with Crippen LogP contribution >= 0.6 is 0 Å². The average Bonchev–Trinajstić information content (AvgIpc) is 2.84. The van der Waals surface area contributed by atoms with Crippen molar-refractivity contribution >= 4 is 6.09 Å². The van der Waals surface area contributed by atoms with Crippen LogP contribution in [0.25, 0.3) is 0 Å². The Morgan fingerprint density at radius 1 is 1.00 bits per heavy atom. The summed E-state index contributed by atoms with van der Waals surface area (Å²) in [6.07, 6.45) is 4.33. The van der Waals surface area contributed by atoms with E-state index in [2.05, 4.69) is 76.6 Å². The zero-order valence-electron chi connectivity index (χ0n) is 22.3. The lowest BCUT2D eigenvalue weighted by molar-refractivity contribution is 0.0521. The van der Waals surface area contributed by atoms with Crippen molar-refractivity contribution < 1.29 is 9.53 Å². The van der Waals surface area contributed by atoms with Crippen molar-refractivity contribution in [2.45, 2.75) is 71.4 Å². The van der Waals surface area contributed by atoms with Gasteiger partial charge in [0.2, 0.25) is 0 Å². The third-order valence-corrected chi connectivity index (χ3v) is 6.80. The first kappa shape index (κ1) is 27.2. The molecule has 0 spiro atoms. The summed E-state index contributed by atoms with van der Waals surface area (Å²) in [5, 5.41) is 2.93. The maximum absolute atomic E-state index is 12.1. The Kier molecular flexibility index (Phi) is 10.6. The van der Waals surface area contributed by atoms with Crippen LogP contribution in [0.2, 0.25) is 0 Å². The van der Waals surface area contributed by atoms with Gasteiger partial charge in [-0.25, -0.2) is 4.79 Å². The molecule has 3 rings (SSSR count). The van der Waals surface area contributed by atoms with E-state index in [1.807, 2.05) is 20.8 Å². The third-order valence-electron chi connectivity index (χ3n) is 6.80. The highest BCUT2D eigenvalue weighted by Crippen LogP contribution is 2.27. The second kappa shape index (κ2) is 13.6. The second-order valence-electron chi connectivity index (χ2n) is 10.7. The van der Waals surface area contributed by atoms with E-state index in [9.17, 15) is 4.79 Å². The predicted octanol–water partition coefficient (Wildman–Crippen LogP) is 5.85. The number of rotatable bonds is 11. The van der Waals surface area contributed by atoms with Gasteiger partial charge in [0.25, 0.3) is 0 Å². The fraction of sp³-hybridized carbons (Fsp3) is 0.567. The number of ether oxygens (including phenoxy) is 1. The summed E-state index contributed by atoms with van der Waals surface area (Å²) in [7, 11) is 0. The van der Waals surface area contributed by atoms with E-state index in [1.54, 1.807) is 0 Å². The summed E-state index contributed by atoms with van der Waals surface area (Å²) >= 11 is 0. The Morgan fingerprint density at radius 3 is 2.31 bits per heavy atom. The molecule has 1 heterocycles. The lowest BCUT2D eigenvalue weighted by Gasteiger charge is -2.33. The highest BCUT2D eigenvalue weighted by atomic mass is 16.6. The first-order valence-electron chi connectivity index (χ1n) is 13.4. The first-order valence-corrected chi connectivity index (χ1v) is 13.4. The number of alkyl carbamates (subject to hydrolysis) is 1. The smallest absolute Gasteiger partial charge is 0.407 e. The minimum Gasteiger partial charge on any atom is -0.444 e. The largest absolute Gasteiger partial charge is 0.444 e. The van der Waals surface area contributed by atoms with Crippen LogP contribution in [0.15, 0.2) is 54.6 Å². The molecule has 2 aromatic carbocycles. The number of piperidine rings is 1. The van der Waals surface area contributed by atoms with Gasteiger partial charge in [0.1, 0.15) is 5.60 Å². The molecule has 1 fully saturated rings. The van der Waals surface area contributed by atoms with Crippen LogP contribution in [-0.4, -0.2) is 60.8 Å². The third kappa shape index (κ3) is 9.65. The Balaban J connectivity index is 1.48. The number of carbonyl (C=O) groups is 1. The zero-order chi connectivity index (χ0) is 25.1. The van der Waals surface area contributed by atoms with Crippen LogP contribution in [0.1, 0.15) is 69.6 Å². The standard InChI is InChI=1S/C30H45N3O2/c1-5-25-12-9-10-15-28(25)24-33(23-18-31-29(34)35-30(2,3)4)20-11-19-32-21-16-27(17-22-32)26-13-7-6-8-14-26/h6-10,12-15,27H,5,11,16-24H2,1-4H3,(H,31,34). The van der Waals surface area contributed by atoms with Gasteiger partial charge >= 0.3 is 6.09 Å². The molecule has 0 aliphatic carbocycles. The van der Waals surface area contributed by atoms with Crippen LogP contribution in [0.5, 0.6) is 0 Å². The molecule has 1 aliphatic rings. The van der Waals surface area contributed by atoms with Gasteiger partial charge in [-0.3, -0.25) is 4.90 Å².